The molecule has 17 heavy (non-hydrogen) atoms. The summed E-state index contributed by atoms with van der Waals surface area (Å²) < 4.78 is 0. The molecule has 2 saturated heterocycles. The van der Waals surface area contributed by atoms with Crippen LogP contribution in [0.5, 0.6) is 0 Å². The minimum atomic E-state index is 0.0579. The molecule has 2 rings (SSSR count). The Balaban J connectivity index is 1.57. The van der Waals surface area contributed by atoms with E-state index in [1.54, 1.807) is 0 Å². The zero-order valence-electron chi connectivity index (χ0n) is 10.7. The van der Waals surface area contributed by atoms with Crippen LogP contribution in [-0.4, -0.2) is 74.6 Å². The first-order valence-corrected chi connectivity index (χ1v) is 6.68. The van der Waals surface area contributed by atoms with E-state index in [2.05, 4.69) is 27.5 Å². The van der Waals surface area contributed by atoms with E-state index >= 15 is 0 Å². The van der Waals surface area contributed by atoms with Crippen molar-refractivity contribution < 1.29 is 4.79 Å². The standard InChI is InChI=1S/C12H24N4O/c1-15-7-9-16(10-8-15)6-5-14-12(17)11-3-2-4-13-11/h11,13H,2-10H2,1H3,(H,14,17)/t11-/m1/s1. The van der Waals surface area contributed by atoms with Crippen LogP contribution >= 0.6 is 0 Å². The highest BCUT2D eigenvalue weighted by atomic mass is 16.2. The summed E-state index contributed by atoms with van der Waals surface area (Å²) in [5, 5.41) is 6.24. The number of carbonyl (C=O) groups is 1. The molecule has 2 N–H and O–H groups in total. The average Bonchev–Trinajstić information content (AvgIpc) is 2.85. The van der Waals surface area contributed by atoms with Crippen molar-refractivity contribution in [2.75, 3.05) is 52.9 Å². The third-order valence-electron chi connectivity index (χ3n) is 3.70. The zero-order valence-corrected chi connectivity index (χ0v) is 10.7. The van der Waals surface area contributed by atoms with Gasteiger partial charge in [0.25, 0.3) is 0 Å². The fourth-order valence-electron chi connectivity index (χ4n) is 2.44. The number of likely N-dealkylation sites (N-methyl/N-ethyl adjacent to an activating group) is 1. The van der Waals surface area contributed by atoms with Gasteiger partial charge < -0.3 is 15.5 Å². The lowest BCUT2D eigenvalue weighted by Gasteiger charge is -2.32. The highest BCUT2D eigenvalue weighted by molar-refractivity contribution is 5.81. The normalized spacial score (nSPS) is 27.2. The molecule has 1 amide bonds. The number of nitrogens with one attached hydrogen (secondary N) is 2. The smallest absolute Gasteiger partial charge is 0.237 e. The lowest BCUT2D eigenvalue weighted by Crippen LogP contribution is -2.48. The van der Waals surface area contributed by atoms with Crippen molar-refractivity contribution in [2.24, 2.45) is 0 Å². The van der Waals surface area contributed by atoms with Crippen LogP contribution < -0.4 is 10.6 Å². The number of amides is 1. The molecular formula is C12H24N4O. The summed E-state index contributed by atoms with van der Waals surface area (Å²) in [6.07, 6.45) is 2.11. The third kappa shape index (κ3) is 3.94. The second-order valence-corrected chi connectivity index (χ2v) is 5.08. The van der Waals surface area contributed by atoms with Crippen LogP contribution in [0.15, 0.2) is 0 Å². The van der Waals surface area contributed by atoms with Crippen LogP contribution in [0.1, 0.15) is 12.8 Å². The summed E-state index contributed by atoms with van der Waals surface area (Å²) in [6.45, 7) is 7.25. The van der Waals surface area contributed by atoms with E-state index in [0.29, 0.717) is 0 Å². The number of piperazine rings is 1. The maximum Gasteiger partial charge on any atom is 0.237 e. The van der Waals surface area contributed by atoms with Crippen molar-refractivity contribution in [3.63, 3.8) is 0 Å². The van der Waals surface area contributed by atoms with E-state index in [1.807, 2.05) is 0 Å². The van der Waals surface area contributed by atoms with Gasteiger partial charge in [0, 0.05) is 39.3 Å². The zero-order chi connectivity index (χ0) is 12.1. The average molecular weight is 240 g/mol. The van der Waals surface area contributed by atoms with Crippen LogP contribution in [-0.2, 0) is 4.79 Å². The van der Waals surface area contributed by atoms with Crippen LogP contribution in [0.3, 0.4) is 0 Å². The SMILES string of the molecule is CN1CCN(CCNC(=O)[C@H]2CCCN2)CC1. The Kier molecular flexibility index (Phi) is 4.76. The first-order valence-electron chi connectivity index (χ1n) is 6.68. The summed E-state index contributed by atoms with van der Waals surface area (Å²) in [4.78, 5) is 16.5. The van der Waals surface area contributed by atoms with Crippen LogP contribution in [0.2, 0.25) is 0 Å². The van der Waals surface area contributed by atoms with Gasteiger partial charge in [-0.3, -0.25) is 9.69 Å². The van der Waals surface area contributed by atoms with Crippen molar-refractivity contribution in [1.29, 1.82) is 0 Å². The Labute approximate surface area is 104 Å². The Morgan fingerprint density at radius 1 is 1.35 bits per heavy atom. The Hall–Kier alpha value is -0.650. The predicted molar refractivity (Wildman–Crippen MR) is 68.0 cm³/mol. The molecule has 0 saturated carbocycles. The molecule has 0 spiro atoms. The number of nitrogens with zero attached hydrogens (tertiary/aromatic N) is 2. The van der Waals surface area contributed by atoms with Crippen molar-refractivity contribution in [1.82, 2.24) is 20.4 Å². The Morgan fingerprint density at radius 3 is 2.76 bits per heavy atom. The summed E-state index contributed by atoms with van der Waals surface area (Å²) in [6, 6.07) is 0.0579. The third-order valence-corrected chi connectivity index (χ3v) is 3.70. The van der Waals surface area contributed by atoms with E-state index in [4.69, 9.17) is 0 Å². The van der Waals surface area contributed by atoms with Crippen molar-refractivity contribution in [3.05, 3.63) is 0 Å². The molecule has 98 valence electrons. The van der Waals surface area contributed by atoms with Crippen LogP contribution in [0.25, 0.3) is 0 Å². The van der Waals surface area contributed by atoms with Crippen molar-refractivity contribution >= 4 is 5.91 Å². The first-order chi connectivity index (χ1) is 8.25. The van der Waals surface area contributed by atoms with E-state index in [0.717, 1.165) is 58.7 Å². The van der Waals surface area contributed by atoms with Gasteiger partial charge in [-0.2, -0.15) is 0 Å². The second kappa shape index (κ2) is 6.33. The fourth-order valence-corrected chi connectivity index (χ4v) is 2.44. The predicted octanol–water partition coefficient (Wildman–Crippen LogP) is -0.898. The van der Waals surface area contributed by atoms with Crippen LogP contribution in [0, 0.1) is 0 Å². The first kappa shape index (κ1) is 12.8. The highest BCUT2D eigenvalue weighted by Gasteiger charge is 2.21. The largest absolute Gasteiger partial charge is 0.353 e. The number of carbonyl (C=O) groups excluding carboxylic acids is 1. The summed E-state index contributed by atoms with van der Waals surface area (Å²) in [7, 11) is 2.16. The van der Waals surface area contributed by atoms with Gasteiger partial charge in [0.2, 0.25) is 5.91 Å². The van der Waals surface area contributed by atoms with Gasteiger partial charge in [-0.15, -0.1) is 0 Å². The summed E-state index contributed by atoms with van der Waals surface area (Å²) >= 11 is 0. The Morgan fingerprint density at radius 2 is 2.12 bits per heavy atom. The maximum absolute atomic E-state index is 11.7. The minimum Gasteiger partial charge on any atom is -0.353 e. The molecule has 0 aliphatic carbocycles. The van der Waals surface area contributed by atoms with Gasteiger partial charge in [-0.25, -0.2) is 0 Å². The van der Waals surface area contributed by atoms with Gasteiger partial charge >= 0.3 is 0 Å². The molecular weight excluding hydrogens is 216 g/mol. The minimum absolute atomic E-state index is 0.0579. The number of hydrogen-bond donors (Lipinski definition) is 2. The molecule has 0 aromatic carbocycles. The molecule has 0 bridgehead atoms. The van der Waals surface area contributed by atoms with Gasteiger partial charge in [0.1, 0.15) is 0 Å². The van der Waals surface area contributed by atoms with E-state index in [9.17, 15) is 4.79 Å². The molecule has 5 nitrogen and oxygen atoms in total. The maximum atomic E-state index is 11.7. The lowest BCUT2D eigenvalue weighted by atomic mass is 10.2. The second-order valence-electron chi connectivity index (χ2n) is 5.08. The van der Waals surface area contributed by atoms with E-state index in [-0.39, 0.29) is 11.9 Å². The monoisotopic (exact) mass is 240 g/mol. The molecule has 5 heteroatoms. The molecule has 1 atom stereocenters. The quantitative estimate of drug-likeness (QED) is 0.669. The molecule has 2 aliphatic rings. The highest BCUT2D eigenvalue weighted by Crippen LogP contribution is 2.04. The van der Waals surface area contributed by atoms with Crippen LogP contribution in [0.4, 0.5) is 0 Å². The van der Waals surface area contributed by atoms with Gasteiger partial charge in [-0.05, 0) is 26.4 Å². The molecule has 0 aromatic heterocycles. The summed E-state index contributed by atoms with van der Waals surface area (Å²) in [5.74, 6) is 0.177. The fraction of sp³-hybridized carbons (Fsp3) is 0.917. The van der Waals surface area contributed by atoms with E-state index < -0.39 is 0 Å². The molecule has 2 heterocycles. The topological polar surface area (TPSA) is 47.6 Å². The van der Waals surface area contributed by atoms with E-state index in [1.165, 1.54) is 0 Å². The number of hydrogen-bond acceptors (Lipinski definition) is 4. The van der Waals surface area contributed by atoms with Crippen molar-refractivity contribution in [2.45, 2.75) is 18.9 Å². The molecule has 0 radical (unpaired) electrons. The summed E-state index contributed by atoms with van der Waals surface area (Å²) in [5.41, 5.74) is 0. The molecule has 2 fully saturated rings. The lowest BCUT2D eigenvalue weighted by molar-refractivity contribution is -0.122. The van der Waals surface area contributed by atoms with Gasteiger partial charge in [0.15, 0.2) is 0 Å². The van der Waals surface area contributed by atoms with Gasteiger partial charge in [0.05, 0.1) is 6.04 Å². The Bertz CT molecular complexity index is 245. The molecule has 2 aliphatic heterocycles. The molecule has 0 aromatic rings. The molecule has 0 unspecified atom stereocenters. The van der Waals surface area contributed by atoms with Gasteiger partial charge in [-0.1, -0.05) is 0 Å². The number of rotatable bonds is 4. The van der Waals surface area contributed by atoms with Crippen molar-refractivity contribution in [3.8, 4) is 0 Å².